The number of rotatable bonds is 2. The van der Waals surface area contributed by atoms with E-state index in [0.717, 1.165) is 19.6 Å². The second-order valence-corrected chi connectivity index (χ2v) is 4.57. The summed E-state index contributed by atoms with van der Waals surface area (Å²) < 4.78 is 0. The second-order valence-electron chi connectivity index (χ2n) is 4.57. The highest BCUT2D eigenvalue weighted by Gasteiger charge is 2.26. The molecule has 1 aromatic rings. The van der Waals surface area contributed by atoms with E-state index in [1.54, 1.807) is 25.5 Å². The Morgan fingerprint density at radius 2 is 2.06 bits per heavy atom. The smallest absolute Gasteiger partial charge is 0.225 e. The first kappa shape index (κ1) is 12.8. The minimum absolute atomic E-state index is 0.0497. The topological polar surface area (TPSA) is 61.4 Å². The maximum Gasteiger partial charge on any atom is 0.225 e. The maximum absolute atomic E-state index is 11.8. The van der Waals surface area contributed by atoms with Crippen LogP contribution in [0.15, 0.2) is 18.5 Å². The molecule has 0 aliphatic carbocycles. The molecule has 1 aliphatic rings. The number of likely N-dealkylation sites (N-methyl/N-ethyl adjacent to an activating group) is 1. The third-order valence-corrected chi connectivity index (χ3v) is 3.18. The van der Waals surface area contributed by atoms with Gasteiger partial charge in [0.1, 0.15) is 0 Å². The van der Waals surface area contributed by atoms with Gasteiger partial charge in [-0.2, -0.15) is 0 Å². The molecule has 0 radical (unpaired) electrons. The molecule has 0 unspecified atom stereocenters. The monoisotopic (exact) mass is 249 g/mol. The molecule has 2 rings (SSSR count). The van der Waals surface area contributed by atoms with Crippen LogP contribution in [0.4, 0.5) is 5.95 Å². The first-order chi connectivity index (χ1) is 8.70. The number of hydrogen-bond donors (Lipinski definition) is 1. The summed E-state index contributed by atoms with van der Waals surface area (Å²) >= 11 is 0. The van der Waals surface area contributed by atoms with E-state index in [-0.39, 0.29) is 11.8 Å². The molecule has 1 saturated heterocycles. The van der Waals surface area contributed by atoms with Gasteiger partial charge in [-0.3, -0.25) is 4.79 Å². The summed E-state index contributed by atoms with van der Waals surface area (Å²) in [5.74, 6) is 0.720. The van der Waals surface area contributed by atoms with E-state index in [2.05, 4.69) is 25.1 Å². The third-order valence-electron chi connectivity index (χ3n) is 3.18. The lowest BCUT2D eigenvalue weighted by atomic mass is 10.1. The molecule has 0 bridgehead atoms. The predicted octanol–water partition coefficient (Wildman–Crippen LogP) is -0.409. The molecule has 0 saturated carbocycles. The van der Waals surface area contributed by atoms with Crippen LogP contribution in [0.5, 0.6) is 0 Å². The summed E-state index contributed by atoms with van der Waals surface area (Å²) in [6.07, 6.45) is 3.46. The van der Waals surface area contributed by atoms with Crippen molar-refractivity contribution >= 4 is 11.9 Å². The van der Waals surface area contributed by atoms with Crippen molar-refractivity contribution in [3.63, 3.8) is 0 Å². The van der Waals surface area contributed by atoms with Crippen LogP contribution in [0, 0.1) is 5.92 Å². The number of amides is 1. The molecule has 0 aromatic carbocycles. The summed E-state index contributed by atoms with van der Waals surface area (Å²) in [6, 6.07) is 1.80. The van der Waals surface area contributed by atoms with E-state index in [1.807, 2.05) is 7.05 Å². The largest absolute Gasteiger partial charge is 0.359 e. The average molecular weight is 249 g/mol. The van der Waals surface area contributed by atoms with E-state index in [4.69, 9.17) is 0 Å². The van der Waals surface area contributed by atoms with Crippen LogP contribution in [0.1, 0.15) is 0 Å². The van der Waals surface area contributed by atoms with Crippen LogP contribution in [-0.4, -0.2) is 61.0 Å². The molecule has 1 atom stereocenters. The Hall–Kier alpha value is -1.69. The summed E-state index contributed by atoms with van der Waals surface area (Å²) in [5, 5.41) is 2.72. The number of carbonyl (C=O) groups excluding carboxylic acids is 1. The predicted molar refractivity (Wildman–Crippen MR) is 69.3 cm³/mol. The highest BCUT2D eigenvalue weighted by molar-refractivity contribution is 5.79. The summed E-state index contributed by atoms with van der Waals surface area (Å²) in [6.45, 7) is 3.18. The molecule has 1 aliphatic heterocycles. The van der Waals surface area contributed by atoms with E-state index in [0.29, 0.717) is 12.5 Å². The quantitative estimate of drug-likeness (QED) is 0.772. The Morgan fingerprint density at radius 1 is 1.33 bits per heavy atom. The summed E-state index contributed by atoms with van der Waals surface area (Å²) in [7, 11) is 3.71. The standard InChI is InChI=1S/C12H19N5O/c1-13-11(18)10-8-16(2)6-7-17(9-10)12-14-4-3-5-15-12/h3-5,10H,6-9H2,1-2H3,(H,13,18)/t10-/m0/s1. The highest BCUT2D eigenvalue weighted by atomic mass is 16.1. The van der Waals surface area contributed by atoms with Crippen molar-refractivity contribution in [2.75, 3.05) is 45.2 Å². The van der Waals surface area contributed by atoms with Crippen LogP contribution < -0.4 is 10.2 Å². The number of anilines is 1. The molecular formula is C12H19N5O. The minimum atomic E-state index is -0.0497. The van der Waals surface area contributed by atoms with E-state index < -0.39 is 0 Å². The van der Waals surface area contributed by atoms with Crippen LogP contribution >= 0.6 is 0 Å². The Labute approximate surface area is 107 Å². The van der Waals surface area contributed by atoms with Gasteiger partial charge in [0, 0.05) is 45.6 Å². The fourth-order valence-corrected chi connectivity index (χ4v) is 2.18. The van der Waals surface area contributed by atoms with Gasteiger partial charge in [-0.05, 0) is 13.1 Å². The molecule has 1 aromatic heterocycles. The fourth-order valence-electron chi connectivity index (χ4n) is 2.18. The van der Waals surface area contributed by atoms with Crippen LogP contribution in [0.3, 0.4) is 0 Å². The van der Waals surface area contributed by atoms with Gasteiger partial charge in [-0.25, -0.2) is 9.97 Å². The lowest BCUT2D eigenvalue weighted by molar-refractivity contribution is -0.124. The normalized spacial score (nSPS) is 21.4. The van der Waals surface area contributed by atoms with Crippen molar-refractivity contribution in [2.45, 2.75) is 0 Å². The number of aromatic nitrogens is 2. The maximum atomic E-state index is 11.8. The zero-order valence-electron chi connectivity index (χ0n) is 10.8. The zero-order chi connectivity index (χ0) is 13.0. The fraction of sp³-hybridized carbons (Fsp3) is 0.583. The van der Waals surface area contributed by atoms with Crippen molar-refractivity contribution in [3.05, 3.63) is 18.5 Å². The van der Waals surface area contributed by atoms with Gasteiger partial charge in [0.05, 0.1) is 5.92 Å². The van der Waals surface area contributed by atoms with Gasteiger partial charge in [0.15, 0.2) is 0 Å². The average Bonchev–Trinajstić information content (AvgIpc) is 2.61. The van der Waals surface area contributed by atoms with E-state index >= 15 is 0 Å². The Kier molecular flexibility index (Phi) is 4.09. The van der Waals surface area contributed by atoms with Gasteiger partial charge in [0.2, 0.25) is 11.9 Å². The number of nitrogens with one attached hydrogen (secondary N) is 1. The van der Waals surface area contributed by atoms with Crippen molar-refractivity contribution in [1.82, 2.24) is 20.2 Å². The molecule has 1 fully saturated rings. The first-order valence-corrected chi connectivity index (χ1v) is 6.13. The van der Waals surface area contributed by atoms with Crippen LogP contribution in [0.2, 0.25) is 0 Å². The summed E-state index contributed by atoms with van der Waals surface area (Å²) in [4.78, 5) is 24.6. The molecular weight excluding hydrogens is 230 g/mol. The van der Waals surface area contributed by atoms with Crippen molar-refractivity contribution in [3.8, 4) is 0 Å². The zero-order valence-corrected chi connectivity index (χ0v) is 10.8. The minimum Gasteiger partial charge on any atom is -0.359 e. The first-order valence-electron chi connectivity index (χ1n) is 6.13. The lowest BCUT2D eigenvalue weighted by Crippen LogP contribution is -2.39. The van der Waals surface area contributed by atoms with Crippen molar-refractivity contribution in [2.24, 2.45) is 5.92 Å². The molecule has 98 valence electrons. The van der Waals surface area contributed by atoms with E-state index in [9.17, 15) is 4.79 Å². The lowest BCUT2D eigenvalue weighted by Gasteiger charge is -2.22. The SMILES string of the molecule is CNC(=O)[C@H]1CN(C)CCN(c2ncccn2)C1. The molecule has 2 heterocycles. The van der Waals surface area contributed by atoms with Crippen molar-refractivity contribution in [1.29, 1.82) is 0 Å². The number of carbonyl (C=O) groups is 1. The highest BCUT2D eigenvalue weighted by Crippen LogP contribution is 2.13. The van der Waals surface area contributed by atoms with E-state index in [1.165, 1.54) is 0 Å². The molecule has 1 N–H and O–H groups in total. The second kappa shape index (κ2) is 5.77. The molecule has 0 spiro atoms. The van der Waals surface area contributed by atoms with Crippen LogP contribution in [-0.2, 0) is 4.79 Å². The Morgan fingerprint density at radius 3 is 2.72 bits per heavy atom. The summed E-state index contributed by atoms with van der Waals surface area (Å²) in [5.41, 5.74) is 0. The number of nitrogens with zero attached hydrogens (tertiary/aromatic N) is 4. The Bertz CT molecular complexity index is 397. The molecule has 6 nitrogen and oxygen atoms in total. The van der Waals surface area contributed by atoms with Crippen LogP contribution in [0.25, 0.3) is 0 Å². The van der Waals surface area contributed by atoms with Crippen molar-refractivity contribution < 1.29 is 4.79 Å². The Balaban J connectivity index is 2.14. The molecule has 1 amide bonds. The number of hydrogen-bond acceptors (Lipinski definition) is 5. The van der Waals surface area contributed by atoms with Gasteiger partial charge >= 0.3 is 0 Å². The molecule has 6 heteroatoms. The third kappa shape index (κ3) is 2.95. The van der Waals surface area contributed by atoms with Gasteiger partial charge in [0.25, 0.3) is 0 Å². The molecule has 18 heavy (non-hydrogen) atoms. The van der Waals surface area contributed by atoms with Gasteiger partial charge in [-0.1, -0.05) is 0 Å². The van der Waals surface area contributed by atoms with Gasteiger partial charge in [-0.15, -0.1) is 0 Å². The van der Waals surface area contributed by atoms with Gasteiger partial charge < -0.3 is 15.1 Å².